The minimum absolute atomic E-state index is 0.0399. The Morgan fingerprint density at radius 2 is 2.22 bits per heavy atom. The maximum absolute atomic E-state index is 12.4. The molecule has 1 saturated carbocycles. The highest BCUT2D eigenvalue weighted by molar-refractivity contribution is 8.00. The number of nitrogens with one attached hydrogen (secondary N) is 1. The minimum atomic E-state index is -0.576. The van der Waals surface area contributed by atoms with E-state index in [0.29, 0.717) is 0 Å². The molecule has 1 saturated heterocycles. The zero-order chi connectivity index (χ0) is 16.3. The highest BCUT2D eigenvalue weighted by atomic mass is 32.2. The molecule has 8 nitrogen and oxygen atoms in total. The standard InChI is InChI=1S/C13H16N4O4S2/c1-4-10(21-11(22-4)6(18)5-2-3-5)17-8-7(23-13(17)20)9(19)16-12(14)15-8/h4-6,10-11,18H,2-3H2,1H3,(H3,14,15,16,19)/t4-,6?,10?,11-/m0/s1. The number of H-pyrrole nitrogens is 1. The molecule has 0 spiro atoms. The number of nitrogen functional groups attached to an aromatic ring is 1. The Morgan fingerprint density at radius 3 is 2.91 bits per heavy atom. The first-order valence-corrected chi connectivity index (χ1v) is 9.11. The molecule has 2 fully saturated rings. The summed E-state index contributed by atoms with van der Waals surface area (Å²) in [5, 5.41) is 10.2. The van der Waals surface area contributed by atoms with Gasteiger partial charge in [0, 0.05) is 0 Å². The van der Waals surface area contributed by atoms with Gasteiger partial charge in [0.25, 0.3) is 5.56 Å². The molecule has 4 rings (SSSR count). The molecular weight excluding hydrogens is 340 g/mol. The van der Waals surface area contributed by atoms with Gasteiger partial charge in [0.2, 0.25) is 5.95 Å². The molecule has 3 heterocycles. The van der Waals surface area contributed by atoms with Crippen LogP contribution in [0.2, 0.25) is 0 Å². The van der Waals surface area contributed by atoms with Crippen molar-refractivity contribution in [3.63, 3.8) is 0 Å². The van der Waals surface area contributed by atoms with E-state index in [2.05, 4.69) is 9.97 Å². The second-order valence-electron chi connectivity index (χ2n) is 5.91. The maximum atomic E-state index is 12.4. The van der Waals surface area contributed by atoms with Crippen molar-refractivity contribution in [2.45, 2.75) is 42.8 Å². The molecule has 4 N–H and O–H groups in total. The Kier molecular flexibility index (Phi) is 3.52. The summed E-state index contributed by atoms with van der Waals surface area (Å²) in [5.41, 5.74) is 5.03. The number of rotatable bonds is 3. The SMILES string of the molecule is C[C@@H]1S[C@@H](C(O)C2CC2)OC1n1c(=O)sc2c(=O)[nH]c(N)nc21. The smallest absolute Gasteiger partial charge is 0.311 e. The molecule has 23 heavy (non-hydrogen) atoms. The molecule has 1 aliphatic heterocycles. The van der Waals surface area contributed by atoms with E-state index in [4.69, 9.17) is 10.5 Å². The highest BCUT2D eigenvalue weighted by Gasteiger charge is 2.44. The lowest BCUT2D eigenvalue weighted by molar-refractivity contribution is -0.0511. The number of ether oxygens (including phenoxy) is 1. The average molecular weight is 356 g/mol. The Balaban J connectivity index is 1.75. The summed E-state index contributed by atoms with van der Waals surface area (Å²) in [6, 6.07) is 0. The highest BCUT2D eigenvalue weighted by Crippen LogP contribution is 2.46. The third-order valence-corrected chi connectivity index (χ3v) is 6.42. The number of fused-ring (bicyclic) bond motifs is 1. The number of nitrogens with two attached hydrogens (primary N) is 1. The van der Waals surface area contributed by atoms with Gasteiger partial charge >= 0.3 is 4.87 Å². The predicted molar refractivity (Wildman–Crippen MR) is 88.6 cm³/mol. The van der Waals surface area contributed by atoms with Crippen molar-refractivity contribution in [3.05, 3.63) is 20.0 Å². The summed E-state index contributed by atoms with van der Waals surface area (Å²) in [6.45, 7) is 1.93. The van der Waals surface area contributed by atoms with Gasteiger partial charge in [-0.1, -0.05) is 11.3 Å². The van der Waals surface area contributed by atoms with Gasteiger partial charge in [-0.25, -0.2) is 0 Å². The van der Waals surface area contributed by atoms with Crippen molar-refractivity contribution in [2.75, 3.05) is 5.73 Å². The van der Waals surface area contributed by atoms with Crippen molar-refractivity contribution in [1.82, 2.24) is 14.5 Å². The van der Waals surface area contributed by atoms with E-state index < -0.39 is 17.9 Å². The molecule has 0 bridgehead atoms. The molecule has 2 aliphatic rings. The molecule has 2 aromatic rings. The number of aliphatic hydroxyl groups is 1. The zero-order valence-electron chi connectivity index (χ0n) is 12.3. The summed E-state index contributed by atoms with van der Waals surface area (Å²) < 4.78 is 7.55. The average Bonchev–Trinajstić information content (AvgIpc) is 3.19. The second-order valence-corrected chi connectivity index (χ2v) is 8.35. The van der Waals surface area contributed by atoms with Crippen molar-refractivity contribution in [3.8, 4) is 0 Å². The van der Waals surface area contributed by atoms with E-state index in [1.54, 1.807) is 0 Å². The third kappa shape index (κ3) is 2.49. The van der Waals surface area contributed by atoms with Crippen LogP contribution >= 0.6 is 23.1 Å². The number of anilines is 1. The van der Waals surface area contributed by atoms with Crippen LogP contribution in [0.3, 0.4) is 0 Å². The topological polar surface area (TPSA) is 123 Å². The van der Waals surface area contributed by atoms with Gasteiger partial charge in [0.1, 0.15) is 10.1 Å². The van der Waals surface area contributed by atoms with Crippen LogP contribution < -0.4 is 16.2 Å². The number of hydrogen-bond donors (Lipinski definition) is 3. The molecule has 0 amide bonds. The predicted octanol–water partition coefficient (Wildman–Crippen LogP) is 0.476. The van der Waals surface area contributed by atoms with Gasteiger partial charge in [-0.3, -0.25) is 19.1 Å². The lowest BCUT2D eigenvalue weighted by Gasteiger charge is -2.18. The van der Waals surface area contributed by atoms with Crippen molar-refractivity contribution < 1.29 is 9.84 Å². The van der Waals surface area contributed by atoms with Crippen LogP contribution in [0, 0.1) is 5.92 Å². The fraction of sp³-hybridized carbons (Fsp3) is 0.615. The van der Waals surface area contributed by atoms with E-state index >= 15 is 0 Å². The summed E-state index contributed by atoms with van der Waals surface area (Å²) in [5.74, 6) is 0.243. The molecule has 0 radical (unpaired) electrons. The second kappa shape index (κ2) is 5.33. The maximum Gasteiger partial charge on any atom is 0.311 e. The first kappa shape index (κ1) is 15.2. The minimum Gasteiger partial charge on any atom is -0.389 e. The number of hydrogen-bond acceptors (Lipinski definition) is 8. The van der Waals surface area contributed by atoms with Crippen LogP contribution in [0.15, 0.2) is 9.59 Å². The molecule has 4 atom stereocenters. The molecule has 1 aliphatic carbocycles. The number of thioether (sulfide) groups is 1. The van der Waals surface area contributed by atoms with E-state index in [0.717, 1.165) is 24.2 Å². The summed E-state index contributed by atoms with van der Waals surface area (Å²) in [6.07, 6.45) is 0.910. The van der Waals surface area contributed by atoms with Crippen LogP contribution in [0.25, 0.3) is 10.3 Å². The van der Waals surface area contributed by atoms with Crippen LogP contribution in [0.4, 0.5) is 5.95 Å². The van der Waals surface area contributed by atoms with Crippen LogP contribution in [-0.4, -0.2) is 36.4 Å². The van der Waals surface area contributed by atoms with E-state index in [1.807, 2.05) is 6.92 Å². The molecule has 10 heteroatoms. The fourth-order valence-corrected chi connectivity index (χ4v) is 4.97. The first-order valence-electron chi connectivity index (χ1n) is 7.35. The number of thiazole rings is 1. The molecule has 124 valence electrons. The Bertz CT molecular complexity index is 871. The summed E-state index contributed by atoms with van der Waals surface area (Å²) >= 11 is 2.33. The van der Waals surface area contributed by atoms with Crippen molar-refractivity contribution in [1.29, 1.82) is 0 Å². The summed E-state index contributed by atoms with van der Waals surface area (Å²) in [4.78, 5) is 30.5. The number of aromatic nitrogens is 3. The van der Waals surface area contributed by atoms with Gasteiger partial charge < -0.3 is 15.6 Å². The van der Waals surface area contributed by atoms with Gasteiger partial charge in [0.05, 0.1) is 11.4 Å². The van der Waals surface area contributed by atoms with Crippen molar-refractivity contribution >= 4 is 39.4 Å². The quantitative estimate of drug-likeness (QED) is 0.730. The normalized spacial score (nSPS) is 29.2. The molecule has 2 unspecified atom stereocenters. The molecule has 2 aromatic heterocycles. The third-order valence-electron chi connectivity index (χ3n) is 4.15. The van der Waals surface area contributed by atoms with E-state index in [9.17, 15) is 14.7 Å². The van der Waals surface area contributed by atoms with E-state index in [1.165, 1.54) is 16.3 Å². The number of aliphatic hydroxyl groups excluding tert-OH is 1. The number of nitrogens with zero attached hydrogens (tertiary/aromatic N) is 2. The monoisotopic (exact) mass is 356 g/mol. The number of aromatic amines is 1. The Morgan fingerprint density at radius 1 is 1.48 bits per heavy atom. The lowest BCUT2D eigenvalue weighted by atomic mass is 10.2. The molecular formula is C13H16N4O4S2. The largest absolute Gasteiger partial charge is 0.389 e. The molecule has 0 aromatic carbocycles. The lowest BCUT2D eigenvalue weighted by Crippen LogP contribution is -2.29. The van der Waals surface area contributed by atoms with Crippen LogP contribution in [-0.2, 0) is 4.74 Å². The fourth-order valence-electron chi connectivity index (χ4n) is 2.82. The van der Waals surface area contributed by atoms with E-state index in [-0.39, 0.29) is 37.8 Å². The van der Waals surface area contributed by atoms with Gasteiger partial charge in [-0.15, -0.1) is 11.8 Å². The Hall–Kier alpha value is -1.36. The summed E-state index contributed by atoms with van der Waals surface area (Å²) in [7, 11) is 0. The van der Waals surface area contributed by atoms with Crippen LogP contribution in [0.5, 0.6) is 0 Å². The van der Waals surface area contributed by atoms with Gasteiger partial charge in [-0.2, -0.15) is 4.98 Å². The Labute approximate surface area is 138 Å². The van der Waals surface area contributed by atoms with Crippen molar-refractivity contribution in [2.24, 2.45) is 5.92 Å². The first-order chi connectivity index (χ1) is 11.0. The van der Waals surface area contributed by atoms with Gasteiger partial charge in [0.15, 0.2) is 11.9 Å². The van der Waals surface area contributed by atoms with Gasteiger partial charge in [-0.05, 0) is 25.7 Å². The zero-order valence-corrected chi connectivity index (χ0v) is 13.9. The van der Waals surface area contributed by atoms with Crippen LogP contribution in [0.1, 0.15) is 26.0 Å².